The van der Waals surface area contributed by atoms with Crippen molar-refractivity contribution in [2.24, 2.45) is 0 Å². The van der Waals surface area contributed by atoms with Crippen LogP contribution in [-0.4, -0.2) is 24.6 Å². The summed E-state index contributed by atoms with van der Waals surface area (Å²) in [7, 11) is 1.61. The monoisotopic (exact) mass is 385 g/mol. The number of ketones is 1. The van der Waals surface area contributed by atoms with Gasteiger partial charge >= 0.3 is 0 Å². The minimum Gasteiger partial charge on any atom is -0.496 e. The molecule has 0 aliphatic rings. The lowest BCUT2D eigenvalue weighted by atomic mass is 10.0. The number of carbonyl (C=O) groups excluding carboxylic acids is 2. The van der Waals surface area contributed by atoms with E-state index < -0.39 is 0 Å². The highest BCUT2D eigenvalue weighted by atomic mass is 32.2. The number of nitrogens with one attached hydrogen (secondary N) is 1. The van der Waals surface area contributed by atoms with Crippen LogP contribution >= 0.6 is 11.8 Å². The van der Waals surface area contributed by atoms with Crippen LogP contribution < -0.4 is 10.1 Å². The van der Waals surface area contributed by atoms with Crippen molar-refractivity contribution in [1.82, 2.24) is 5.32 Å². The first-order valence-electron chi connectivity index (χ1n) is 8.94. The molecule has 0 aliphatic heterocycles. The predicted octanol–water partition coefficient (Wildman–Crippen LogP) is 4.63. The lowest BCUT2D eigenvalue weighted by Gasteiger charge is -2.16. The Kier molecular flexibility index (Phi) is 7.48. The molecule has 0 spiro atoms. The molecule has 2 aromatic carbocycles. The second-order valence-corrected chi connectivity index (χ2v) is 7.69. The first-order chi connectivity index (χ1) is 12.8. The summed E-state index contributed by atoms with van der Waals surface area (Å²) in [5, 5.41) is 3.04. The molecule has 27 heavy (non-hydrogen) atoms. The third kappa shape index (κ3) is 5.86. The van der Waals surface area contributed by atoms with Crippen LogP contribution in [0.5, 0.6) is 5.75 Å². The van der Waals surface area contributed by atoms with Crippen molar-refractivity contribution in [2.45, 2.75) is 39.5 Å². The number of amides is 1. The highest BCUT2D eigenvalue weighted by Gasteiger charge is 2.12. The van der Waals surface area contributed by atoms with Gasteiger partial charge in [-0.1, -0.05) is 18.2 Å². The molecule has 0 aliphatic carbocycles. The van der Waals surface area contributed by atoms with Crippen LogP contribution in [0.25, 0.3) is 0 Å². The van der Waals surface area contributed by atoms with Gasteiger partial charge in [0.15, 0.2) is 5.78 Å². The Balaban J connectivity index is 1.91. The summed E-state index contributed by atoms with van der Waals surface area (Å²) in [5.74, 6) is 1.70. The van der Waals surface area contributed by atoms with E-state index in [2.05, 4.69) is 37.4 Å². The van der Waals surface area contributed by atoms with Crippen molar-refractivity contribution in [2.75, 3.05) is 12.9 Å². The molecule has 0 aromatic heterocycles. The van der Waals surface area contributed by atoms with E-state index in [1.54, 1.807) is 26.2 Å². The molecular weight excluding hydrogens is 358 g/mol. The number of carbonyl (C=O) groups is 2. The Hall–Kier alpha value is -2.27. The molecule has 0 heterocycles. The van der Waals surface area contributed by atoms with Gasteiger partial charge in [0.2, 0.25) is 5.91 Å². The van der Waals surface area contributed by atoms with E-state index in [4.69, 9.17) is 4.74 Å². The van der Waals surface area contributed by atoms with E-state index in [0.29, 0.717) is 17.1 Å². The van der Waals surface area contributed by atoms with Gasteiger partial charge in [0.1, 0.15) is 5.75 Å². The van der Waals surface area contributed by atoms with Gasteiger partial charge in [-0.3, -0.25) is 9.59 Å². The van der Waals surface area contributed by atoms with E-state index in [9.17, 15) is 9.59 Å². The topological polar surface area (TPSA) is 55.4 Å². The maximum atomic E-state index is 12.3. The minimum atomic E-state index is -0.0343. The molecule has 0 unspecified atom stereocenters. The summed E-state index contributed by atoms with van der Waals surface area (Å²) in [6, 6.07) is 11.6. The lowest BCUT2D eigenvalue weighted by molar-refractivity contribution is -0.119. The lowest BCUT2D eigenvalue weighted by Crippen LogP contribution is -2.28. The predicted molar refractivity (Wildman–Crippen MR) is 112 cm³/mol. The average Bonchev–Trinajstić information content (AvgIpc) is 2.63. The fourth-order valence-corrected chi connectivity index (χ4v) is 3.58. The molecule has 2 rings (SSSR count). The van der Waals surface area contributed by atoms with E-state index in [1.165, 1.54) is 22.9 Å². The zero-order valence-electron chi connectivity index (χ0n) is 16.6. The van der Waals surface area contributed by atoms with Gasteiger partial charge in [-0.2, -0.15) is 0 Å². The van der Waals surface area contributed by atoms with Crippen LogP contribution in [0.2, 0.25) is 0 Å². The molecule has 4 nitrogen and oxygen atoms in total. The van der Waals surface area contributed by atoms with Crippen LogP contribution in [0.3, 0.4) is 0 Å². The molecule has 0 saturated heterocycles. The Morgan fingerprint density at radius 2 is 1.85 bits per heavy atom. The van der Waals surface area contributed by atoms with Gasteiger partial charge < -0.3 is 10.1 Å². The van der Waals surface area contributed by atoms with Gasteiger partial charge in [-0.15, -0.1) is 11.8 Å². The first kappa shape index (κ1) is 21.0. The van der Waals surface area contributed by atoms with Crippen molar-refractivity contribution >= 4 is 23.5 Å². The Morgan fingerprint density at radius 1 is 1.11 bits per heavy atom. The molecule has 0 saturated carbocycles. The highest BCUT2D eigenvalue weighted by molar-refractivity contribution is 7.99. The maximum Gasteiger partial charge on any atom is 0.230 e. The van der Waals surface area contributed by atoms with Gasteiger partial charge in [-0.05, 0) is 62.6 Å². The van der Waals surface area contributed by atoms with Gasteiger partial charge in [0.05, 0.1) is 18.9 Å². The number of Topliss-reactive ketones (excluding diaryl/α,β-unsaturated/α-hetero) is 1. The summed E-state index contributed by atoms with van der Waals surface area (Å²) in [5.41, 5.74) is 5.15. The summed E-state index contributed by atoms with van der Waals surface area (Å²) < 4.78 is 5.36. The third-order valence-electron chi connectivity index (χ3n) is 4.59. The first-order valence-corrected chi connectivity index (χ1v) is 10.1. The summed E-state index contributed by atoms with van der Waals surface area (Å²) in [6.07, 6.45) is 0. The Morgan fingerprint density at radius 3 is 2.48 bits per heavy atom. The SMILES string of the molecule is COc1ccc(C(C)=O)cc1CSCC(=O)N[C@@H](C)c1ccc(C)c(C)c1. The molecular formula is C22H27NO3S. The number of ether oxygens (including phenoxy) is 1. The van der Waals surface area contributed by atoms with E-state index in [1.807, 2.05) is 13.0 Å². The van der Waals surface area contributed by atoms with E-state index in [0.717, 1.165) is 16.9 Å². The normalized spacial score (nSPS) is 11.7. The zero-order chi connectivity index (χ0) is 20.0. The van der Waals surface area contributed by atoms with Gasteiger partial charge in [-0.25, -0.2) is 0 Å². The third-order valence-corrected chi connectivity index (χ3v) is 5.57. The second kappa shape index (κ2) is 9.60. The standard InChI is InChI=1S/C22H27NO3S/c1-14-6-7-18(10-15(14)2)16(3)23-22(25)13-27-12-20-11-19(17(4)24)8-9-21(20)26-5/h6-11,16H,12-13H2,1-5H3,(H,23,25)/t16-/m0/s1. The number of aryl methyl sites for hydroxylation is 2. The average molecular weight is 386 g/mol. The Labute approximate surface area is 165 Å². The second-order valence-electron chi connectivity index (χ2n) is 6.71. The van der Waals surface area contributed by atoms with E-state index in [-0.39, 0.29) is 17.7 Å². The number of hydrogen-bond acceptors (Lipinski definition) is 4. The molecule has 0 radical (unpaired) electrons. The molecule has 5 heteroatoms. The van der Waals surface area contributed by atoms with Crippen molar-refractivity contribution in [3.8, 4) is 5.75 Å². The van der Waals surface area contributed by atoms with Crippen LogP contribution in [0.1, 0.15) is 52.5 Å². The zero-order valence-corrected chi connectivity index (χ0v) is 17.4. The van der Waals surface area contributed by atoms with Crippen molar-refractivity contribution in [3.63, 3.8) is 0 Å². The number of benzene rings is 2. The van der Waals surface area contributed by atoms with Crippen LogP contribution in [0.15, 0.2) is 36.4 Å². The van der Waals surface area contributed by atoms with Crippen molar-refractivity contribution in [1.29, 1.82) is 0 Å². The smallest absolute Gasteiger partial charge is 0.230 e. The molecule has 2 aromatic rings. The van der Waals surface area contributed by atoms with Gasteiger partial charge in [0, 0.05) is 16.9 Å². The maximum absolute atomic E-state index is 12.3. The summed E-state index contributed by atoms with van der Waals surface area (Å²) in [6.45, 7) is 7.69. The van der Waals surface area contributed by atoms with Crippen LogP contribution in [0.4, 0.5) is 0 Å². The van der Waals surface area contributed by atoms with Crippen molar-refractivity contribution in [3.05, 3.63) is 64.2 Å². The number of methoxy groups -OCH3 is 1. The van der Waals surface area contributed by atoms with Crippen molar-refractivity contribution < 1.29 is 14.3 Å². The number of hydrogen-bond donors (Lipinski definition) is 1. The highest BCUT2D eigenvalue weighted by Crippen LogP contribution is 2.25. The largest absolute Gasteiger partial charge is 0.496 e. The number of rotatable bonds is 8. The van der Waals surface area contributed by atoms with Crippen LogP contribution in [0, 0.1) is 13.8 Å². The molecule has 0 bridgehead atoms. The molecule has 1 atom stereocenters. The molecule has 0 fully saturated rings. The molecule has 1 amide bonds. The number of thioether (sulfide) groups is 1. The van der Waals surface area contributed by atoms with Crippen LogP contribution in [-0.2, 0) is 10.5 Å². The molecule has 144 valence electrons. The summed E-state index contributed by atoms with van der Waals surface area (Å²) in [4.78, 5) is 23.8. The summed E-state index contributed by atoms with van der Waals surface area (Å²) >= 11 is 1.50. The minimum absolute atomic E-state index is 0.00702. The fourth-order valence-electron chi connectivity index (χ4n) is 2.76. The van der Waals surface area contributed by atoms with Gasteiger partial charge in [0.25, 0.3) is 0 Å². The van der Waals surface area contributed by atoms with E-state index >= 15 is 0 Å². The quantitative estimate of drug-likeness (QED) is 0.674. The fraction of sp³-hybridized carbons (Fsp3) is 0.364. The molecule has 1 N–H and O–H groups in total. The Bertz CT molecular complexity index is 832.